The van der Waals surface area contributed by atoms with E-state index in [1.807, 2.05) is 0 Å². The Kier molecular flexibility index (Phi) is 12.2. The number of aliphatic hydroxyl groups excluding tert-OH is 6. The molecule has 4 unspecified atom stereocenters. The fourth-order valence-corrected chi connectivity index (χ4v) is 0.760. The van der Waals surface area contributed by atoms with Crippen LogP contribution in [0.15, 0.2) is 0 Å². The highest BCUT2D eigenvalue weighted by Gasteiger charge is 2.33. The number of nitrogens with two attached hydrogens (primary N) is 1. The standard InChI is InChI=1S/C6H12O7.C3H9NO/c7-1-2(8)3(9)4(10)5(11)6(12)13;4-2-1-3-5/h2-5,7-11H,1H2,(H,12,13);5H,1-4H2. The Morgan fingerprint density at radius 2 is 1.56 bits per heavy atom. The third kappa shape index (κ3) is 8.31. The van der Waals surface area contributed by atoms with Crippen LogP contribution in [0.1, 0.15) is 6.42 Å². The summed E-state index contributed by atoms with van der Waals surface area (Å²) in [6, 6.07) is 0. The number of hydrogen-bond acceptors (Lipinski definition) is 8. The van der Waals surface area contributed by atoms with Crippen LogP contribution in [0.25, 0.3) is 0 Å². The molecule has 9 heteroatoms. The molecule has 0 aromatic heterocycles. The molecular formula is C9H21NO8. The largest absolute Gasteiger partial charge is 0.479 e. The zero-order valence-electron chi connectivity index (χ0n) is 9.75. The number of carboxylic acid groups (broad SMARTS) is 1. The molecule has 0 saturated heterocycles. The maximum absolute atomic E-state index is 10.1. The van der Waals surface area contributed by atoms with E-state index in [9.17, 15) is 4.79 Å². The molecule has 0 aliphatic carbocycles. The van der Waals surface area contributed by atoms with Crippen LogP contribution in [0.5, 0.6) is 0 Å². The van der Waals surface area contributed by atoms with Crippen LogP contribution >= 0.6 is 0 Å². The second-order valence-electron chi connectivity index (χ2n) is 3.38. The van der Waals surface area contributed by atoms with Gasteiger partial charge >= 0.3 is 5.97 Å². The van der Waals surface area contributed by atoms with E-state index in [2.05, 4.69) is 0 Å². The van der Waals surface area contributed by atoms with Crippen molar-refractivity contribution in [2.45, 2.75) is 30.8 Å². The predicted octanol–water partition coefficient (Wildman–Crippen LogP) is -4.17. The molecule has 0 radical (unpaired) electrons. The molecule has 9 N–H and O–H groups in total. The molecule has 18 heavy (non-hydrogen) atoms. The Hall–Kier alpha value is -0.810. The molecule has 110 valence electrons. The van der Waals surface area contributed by atoms with Crippen LogP contribution in [0.4, 0.5) is 0 Å². The summed E-state index contributed by atoms with van der Waals surface area (Å²) in [5.41, 5.74) is 4.98. The first-order valence-electron chi connectivity index (χ1n) is 5.20. The summed E-state index contributed by atoms with van der Waals surface area (Å²) >= 11 is 0. The lowest BCUT2D eigenvalue weighted by atomic mass is 10.0. The summed E-state index contributed by atoms with van der Waals surface area (Å²) in [5, 5.41) is 59.8. The lowest BCUT2D eigenvalue weighted by molar-refractivity contribution is -0.164. The lowest BCUT2D eigenvalue weighted by Crippen LogP contribution is -2.48. The monoisotopic (exact) mass is 271 g/mol. The van der Waals surface area contributed by atoms with Crippen molar-refractivity contribution in [1.82, 2.24) is 0 Å². The SMILES string of the molecule is NCCCO.O=C(O)C(O)C(O)C(O)C(O)CO. The van der Waals surface area contributed by atoms with Crippen molar-refractivity contribution >= 4 is 5.97 Å². The minimum atomic E-state index is -2.20. The van der Waals surface area contributed by atoms with Crippen molar-refractivity contribution in [1.29, 1.82) is 0 Å². The van der Waals surface area contributed by atoms with E-state index < -0.39 is 37.0 Å². The van der Waals surface area contributed by atoms with E-state index in [4.69, 9.17) is 41.5 Å². The molecule has 0 bridgehead atoms. The van der Waals surface area contributed by atoms with Crippen LogP contribution in [0.3, 0.4) is 0 Å². The lowest BCUT2D eigenvalue weighted by Gasteiger charge is -2.23. The Morgan fingerprint density at radius 3 is 1.78 bits per heavy atom. The van der Waals surface area contributed by atoms with Crippen LogP contribution in [0.2, 0.25) is 0 Å². The van der Waals surface area contributed by atoms with Gasteiger partial charge in [-0.1, -0.05) is 0 Å². The number of carboxylic acids is 1. The van der Waals surface area contributed by atoms with Crippen molar-refractivity contribution in [3.05, 3.63) is 0 Å². The van der Waals surface area contributed by atoms with Gasteiger partial charge in [-0.25, -0.2) is 4.79 Å². The van der Waals surface area contributed by atoms with E-state index in [0.29, 0.717) is 6.54 Å². The van der Waals surface area contributed by atoms with Gasteiger partial charge in [-0.05, 0) is 13.0 Å². The van der Waals surface area contributed by atoms with Crippen molar-refractivity contribution in [3.8, 4) is 0 Å². The molecule has 0 aromatic carbocycles. The van der Waals surface area contributed by atoms with Gasteiger partial charge in [0, 0.05) is 6.61 Å². The molecule has 0 spiro atoms. The van der Waals surface area contributed by atoms with Crippen molar-refractivity contribution in [2.75, 3.05) is 19.8 Å². The maximum atomic E-state index is 10.1. The Labute approximate surface area is 104 Å². The van der Waals surface area contributed by atoms with E-state index in [-0.39, 0.29) is 6.61 Å². The fourth-order valence-electron chi connectivity index (χ4n) is 0.760. The molecule has 0 heterocycles. The summed E-state index contributed by atoms with van der Waals surface area (Å²) in [5.74, 6) is -1.73. The zero-order chi connectivity index (χ0) is 14.7. The van der Waals surface area contributed by atoms with Gasteiger partial charge in [-0.3, -0.25) is 0 Å². The summed E-state index contributed by atoms with van der Waals surface area (Å²) < 4.78 is 0. The quantitative estimate of drug-likeness (QED) is 0.227. The average molecular weight is 271 g/mol. The number of rotatable bonds is 7. The molecule has 0 amide bonds. The highest BCUT2D eigenvalue weighted by Crippen LogP contribution is 2.04. The summed E-state index contributed by atoms with van der Waals surface area (Å²) in [4.78, 5) is 10.1. The van der Waals surface area contributed by atoms with Gasteiger partial charge in [0.1, 0.15) is 18.3 Å². The number of carbonyl (C=O) groups is 1. The molecule has 0 fully saturated rings. The van der Waals surface area contributed by atoms with Gasteiger partial charge < -0.3 is 41.5 Å². The Morgan fingerprint density at radius 1 is 1.06 bits per heavy atom. The van der Waals surface area contributed by atoms with Gasteiger partial charge in [0.25, 0.3) is 0 Å². The minimum absolute atomic E-state index is 0.219. The number of hydrogen-bond donors (Lipinski definition) is 8. The topological polar surface area (TPSA) is 185 Å². The first kappa shape index (κ1) is 19.5. The highest BCUT2D eigenvalue weighted by atomic mass is 16.4. The smallest absolute Gasteiger partial charge is 0.335 e. The third-order valence-corrected chi connectivity index (χ3v) is 1.87. The molecule has 0 saturated carbocycles. The zero-order valence-corrected chi connectivity index (χ0v) is 9.75. The van der Waals surface area contributed by atoms with Crippen LogP contribution in [0, 0.1) is 0 Å². The predicted molar refractivity (Wildman–Crippen MR) is 59.5 cm³/mol. The second kappa shape index (κ2) is 11.3. The van der Waals surface area contributed by atoms with Crippen LogP contribution in [-0.2, 0) is 4.79 Å². The second-order valence-corrected chi connectivity index (χ2v) is 3.38. The molecule has 4 atom stereocenters. The minimum Gasteiger partial charge on any atom is -0.479 e. The van der Waals surface area contributed by atoms with Gasteiger partial charge in [0.05, 0.1) is 6.61 Å². The van der Waals surface area contributed by atoms with Crippen molar-refractivity contribution in [3.63, 3.8) is 0 Å². The molecular weight excluding hydrogens is 250 g/mol. The average Bonchev–Trinajstić information content (AvgIpc) is 2.36. The van der Waals surface area contributed by atoms with Crippen molar-refractivity contribution in [2.24, 2.45) is 5.73 Å². The van der Waals surface area contributed by atoms with Crippen molar-refractivity contribution < 1.29 is 40.5 Å². The highest BCUT2D eigenvalue weighted by molar-refractivity contribution is 5.72. The van der Waals surface area contributed by atoms with E-state index in [0.717, 1.165) is 6.42 Å². The van der Waals surface area contributed by atoms with Crippen LogP contribution in [-0.4, -0.2) is 85.9 Å². The first-order valence-corrected chi connectivity index (χ1v) is 5.20. The van der Waals surface area contributed by atoms with Gasteiger partial charge in [0.2, 0.25) is 0 Å². The molecule has 0 rings (SSSR count). The maximum Gasteiger partial charge on any atom is 0.335 e. The molecule has 0 aromatic rings. The third-order valence-electron chi connectivity index (χ3n) is 1.87. The Balaban J connectivity index is 0. The van der Waals surface area contributed by atoms with E-state index in [1.165, 1.54) is 0 Å². The normalized spacial score (nSPS) is 17.1. The molecule has 0 aliphatic heterocycles. The van der Waals surface area contributed by atoms with Gasteiger partial charge in [-0.2, -0.15) is 0 Å². The van der Waals surface area contributed by atoms with Crippen LogP contribution < -0.4 is 5.73 Å². The molecule has 0 aliphatic rings. The van der Waals surface area contributed by atoms with E-state index in [1.54, 1.807) is 0 Å². The fraction of sp³-hybridized carbons (Fsp3) is 0.889. The Bertz CT molecular complexity index is 213. The van der Waals surface area contributed by atoms with Gasteiger partial charge in [0.15, 0.2) is 6.10 Å². The van der Waals surface area contributed by atoms with E-state index >= 15 is 0 Å². The number of aliphatic carboxylic acids is 1. The summed E-state index contributed by atoms with van der Waals surface area (Å²) in [6.45, 7) is -0.0302. The van der Waals surface area contributed by atoms with Gasteiger partial charge in [-0.15, -0.1) is 0 Å². The summed E-state index contributed by atoms with van der Waals surface area (Å²) in [6.07, 6.45) is -7.11. The first-order chi connectivity index (χ1) is 8.33. The molecule has 9 nitrogen and oxygen atoms in total. The summed E-state index contributed by atoms with van der Waals surface area (Å²) in [7, 11) is 0. The number of aliphatic hydroxyl groups is 6.